The first kappa shape index (κ1) is 13.1. The molecule has 1 aliphatic rings. The molecule has 1 aliphatic carbocycles. The van der Waals surface area contributed by atoms with Gasteiger partial charge in [0.25, 0.3) is 0 Å². The van der Waals surface area contributed by atoms with Crippen molar-refractivity contribution in [3.05, 3.63) is 35.4 Å². The zero-order valence-corrected chi connectivity index (χ0v) is 10.7. The van der Waals surface area contributed by atoms with E-state index in [4.69, 9.17) is 0 Å². The maximum Gasteiger partial charge on any atom is 0.314 e. The molecular weight excluding hydrogens is 228 g/mol. The summed E-state index contributed by atoms with van der Waals surface area (Å²) in [5.74, 6) is -0.732. The molecule has 0 amide bonds. The highest BCUT2D eigenvalue weighted by Crippen LogP contribution is 2.40. The van der Waals surface area contributed by atoms with Crippen molar-refractivity contribution in [3.63, 3.8) is 0 Å². The third-order valence-corrected chi connectivity index (χ3v) is 4.04. The number of carboxylic acids is 1. The first-order valence-electron chi connectivity index (χ1n) is 6.58. The number of hydrogen-bond donors (Lipinski definition) is 2. The van der Waals surface area contributed by atoms with Crippen LogP contribution < -0.4 is 0 Å². The molecule has 1 atom stereocenters. The van der Waals surface area contributed by atoms with Crippen LogP contribution in [0.1, 0.15) is 56.3 Å². The molecule has 1 saturated carbocycles. The van der Waals surface area contributed by atoms with Gasteiger partial charge in [-0.2, -0.15) is 0 Å². The first-order chi connectivity index (χ1) is 8.56. The molecule has 0 heterocycles. The molecule has 1 aromatic carbocycles. The molecular formula is C15H20O3. The van der Waals surface area contributed by atoms with Gasteiger partial charge in [0.2, 0.25) is 0 Å². The van der Waals surface area contributed by atoms with Gasteiger partial charge in [0, 0.05) is 0 Å². The summed E-state index contributed by atoms with van der Waals surface area (Å²) < 4.78 is 0. The van der Waals surface area contributed by atoms with Crippen molar-refractivity contribution < 1.29 is 15.0 Å². The Kier molecular flexibility index (Phi) is 3.71. The molecule has 3 heteroatoms. The van der Waals surface area contributed by atoms with Crippen molar-refractivity contribution in [3.8, 4) is 0 Å². The van der Waals surface area contributed by atoms with Crippen molar-refractivity contribution in [2.75, 3.05) is 0 Å². The summed E-state index contributed by atoms with van der Waals surface area (Å²) in [6, 6.07) is 7.42. The van der Waals surface area contributed by atoms with Crippen molar-refractivity contribution in [2.45, 2.75) is 50.5 Å². The molecule has 0 aliphatic heterocycles. The van der Waals surface area contributed by atoms with Gasteiger partial charge in [-0.25, -0.2) is 0 Å². The number of carboxylic acid groups (broad SMARTS) is 1. The Morgan fingerprint density at radius 3 is 2.50 bits per heavy atom. The van der Waals surface area contributed by atoms with Gasteiger partial charge in [-0.3, -0.25) is 4.79 Å². The lowest BCUT2D eigenvalue weighted by atomic mass is 9.69. The van der Waals surface area contributed by atoms with Gasteiger partial charge in [-0.05, 0) is 30.9 Å². The predicted octanol–water partition coefficient (Wildman–Crippen LogP) is 3.03. The molecule has 0 bridgehead atoms. The summed E-state index contributed by atoms with van der Waals surface area (Å²) in [6.07, 6.45) is 3.89. The Balaban J connectivity index is 2.42. The van der Waals surface area contributed by atoms with E-state index in [1.165, 1.54) is 0 Å². The molecule has 0 spiro atoms. The molecule has 0 aromatic heterocycles. The number of carbonyl (C=O) groups is 1. The number of hydrogen-bond acceptors (Lipinski definition) is 2. The molecule has 1 unspecified atom stereocenters. The summed E-state index contributed by atoms with van der Waals surface area (Å²) in [5.41, 5.74) is 0.884. The van der Waals surface area contributed by atoms with Crippen molar-refractivity contribution in [2.24, 2.45) is 0 Å². The number of aliphatic hydroxyl groups is 1. The van der Waals surface area contributed by atoms with Crippen LogP contribution in [0.2, 0.25) is 0 Å². The second-order valence-electron chi connectivity index (χ2n) is 5.25. The summed E-state index contributed by atoms with van der Waals surface area (Å²) in [4.78, 5) is 11.7. The normalized spacial score (nSPS) is 20.3. The van der Waals surface area contributed by atoms with E-state index in [1.807, 2.05) is 24.3 Å². The number of benzene rings is 1. The number of aliphatic hydroxyl groups excluding tert-OH is 1. The van der Waals surface area contributed by atoms with E-state index in [1.54, 1.807) is 6.92 Å². The van der Waals surface area contributed by atoms with Gasteiger partial charge in [-0.15, -0.1) is 0 Å². The van der Waals surface area contributed by atoms with Crippen molar-refractivity contribution in [1.29, 1.82) is 0 Å². The lowest BCUT2D eigenvalue weighted by molar-refractivity contribution is -0.145. The monoisotopic (exact) mass is 248 g/mol. The maximum absolute atomic E-state index is 11.7. The van der Waals surface area contributed by atoms with Crippen LogP contribution in [0.25, 0.3) is 0 Å². The van der Waals surface area contributed by atoms with Gasteiger partial charge < -0.3 is 10.2 Å². The minimum atomic E-state index is -0.747. The van der Waals surface area contributed by atoms with Gasteiger partial charge in [0.1, 0.15) is 0 Å². The lowest BCUT2D eigenvalue weighted by Gasteiger charge is -2.34. The minimum absolute atomic E-state index is 0.556. The third-order valence-electron chi connectivity index (χ3n) is 4.04. The second kappa shape index (κ2) is 5.11. The largest absolute Gasteiger partial charge is 0.481 e. The maximum atomic E-state index is 11.7. The van der Waals surface area contributed by atoms with E-state index >= 15 is 0 Å². The van der Waals surface area contributed by atoms with E-state index in [-0.39, 0.29) is 0 Å². The van der Waals surface area contributed by atoms with Crippen LogP contribution in [0.5, 0.6) is 0 Å². The molecule has 0 radical (unpaired) electrons. The molecule has 1 fully saturated rings. The zero-order valence-electron chi connectivity index (χ0n) is 10.7. The van der Waals surface area contributed by atoms with Gasteiger partial charge in [0.05, 0.1) is 11.5 Å². The van der Waals surface area contributed by atoms with Crippen LogP contribution in [0.3, 0.4) is 0 Å². The summed E-state index contributed by atoms with van der Waals surface area (Å²) in [7, 11) is 0. The van der Waals surface area contributed by atoms with Crippen LogP contribution in [-0.2, 0) is 10.2 Å². The summed E-state index contributed by atoms with van der Waals surface area (Å²) in [5, 5.41) is 19.2. The Labute approximate surface area is 107 Å². The number of rotatable bonds is 3. The minimum Gasteiger partial charge on any atom is -0.481 e. The highest BCUT2D eigenvalue weighted by Gasteiger charge is 2.41. The second-order valence-corrected chi connectivity index (χ2v) is 5.25. The summed E-state index contributed by atoms with van der Waals surface area (Å²) in [6.45, 7) is 1.70. The van der Waals surface area contributed by atoms with Crippen molar-refractivity contribution in [1.82, 2.24) is 0 Å². The van der Waals surface area contributed by atoms with Crippen LogP contribution >= 0.6 is 0 Å². The molecule has 0 saturated heterocycles. The molecule has 2 N–H and O–H groups in total. The highest BCUT2D eigenvalue weighted by molar-refractivity contribution is 5.81. The Hall–Kier alpha value is -1.35. The molecule has 18 heavy (non-hydrogen) atoms. The van der Waals surface area contributed by atoms with E-state index in [9.17, 15) is 15.0 Å². The zero-order chi connectivity index (χ0) is 13.2. The molecule has 98 valence electrons. The Morgan fingerprint density at radius 1 is 1.28 bits per heavy atom. The van der Waals surface area contributed by atoms with Crippen molar-refractivity contribution >= 4 is 5.97 Å². The fourth-order valence-electron chi connectivity index (χ4n) is 2.88. The van der Waals surface area contributed by atoms with Gasteiger partial charge >= 0.3 is 5.97 Å². The molecule has 1 aromatic rings. The predicted molar refractivity (Wildman–Crippen MR) is 69.5 cm³/mol. The van der Waals surface area contributed by atoms with Gasteiger partial charge in [0.15, 0.2) is 0 Å². The third kappa shape index (κ3) is 2.27. The molecule has 2 rings (SSSR count). The van der Waals surface area contributed by atoms with Crippen LogP contribution in [-0.4, -0.2) is 16.2 Å². The quantitative estimate of drug-likeness (QED) is 0.864. The van der Waals surface area contributed by atoms with Gasteiger partial charge in [-0.1, -0.05) is 43.5 Å². The fourth-order valence-corrected chi connectivity index (χ4v) is 2.88. The topological polar surface area (TPSA) is 57.5 Å². The highest BCUT2D eigenvalue weighted by atomic mass is 16.4. The van der Waals surface area contributed by atoms with E-state index in [2.05, 4.69) is 0 Å². The Morgan fingerprint density at radius 2 is 1.94 bits per heavy atom. The molecule has 3 nitrogen and oxygen atoms in total. The van der Waals surface area contributed by atoms with E-state index in [0.29, 0.717) is 12.8 Å². The number of aliphatic carboxylic acids is 1. The summed E-state index contributed by atoms with van der Waals surface area (Å²) >= 11 is 0. The van der Waals surface area contributed by atoms with Crippen LogP contribution in [0, 0.1) is 0 Å². The van der Waals surface area contributed by atoms with E-state index < -0.39 is 17.5 Å². The van der Waals surface area contributed by atoms with Crippen LogP contribution in [0.15, 0.2) is 24.3 Å². The smallest absolute Gasteiger partial charge is 0.314 e. The standard InChI is InChI=1S/C15H20O3/c1-11(16)12-6-5-7-13(10-12)15(14(17)18)8-3-2-4-9-15/h5-7,10-11,16H,2-4,8-9H2,1H3,(H,17,18). The SMILES string of the molecule is CC(O)c1cccc(C2(C(=O)O)CCCCC2)c1. The van der Waals surface area contributed by atoms with E-state index in [0.717, 1.165) is 30.4 Å². The first-order valence-corrected chi connectivity index (χ1v) is 6.58. The average molecular weight is 248 g/mol. The fraction of sp³-hybridized carbons (Fsp3) is 0.533. The van der Waals surface area contributed by atoms with Crippen LogP contribution in [0.4, 0.5) is 0 Å². The lowest BCUT2D eigenvalue weighted by Crippen LogP contribution is -2.37. The average Bonchev–Trinajstić information content (AvgIpc) is 2.39. The Bertz CT molecular complexity index is 431.